The zero-order valence-corrected chi connectivity index (χ0v) is 11.2. The molecular formula is C6H18Cl2N2Pt. The summed E-state index contributed by atoms with van der Waals surface area (Å²) < 4.78 is 0. The molecule has 0 aromatic rings. The third-order valence-corrected chi connectivity index (χ3v) is 0. The van der Waals surface area contributed by atoms with Gasteiger partial charge in [-0.3, -0.25) is 0 Å². The van der Waals surface area contributed by atoms with Crippen LogP contribution >= 0.6 is 0 Å². The van der Waals surface area contributed by atoms with Crippen LogP contribution in [0.15, 0.2) is 0 Å². The molecule has 0 unspecified atom stereocenters. The summed E-state index contributed by atoms with van der Waals surface area (Å²) in [4.78, 5) is 0. The Bertz CT molecular complexity index is 34.1. The topological polar surface area (TPSA) is 52.0 Å². The first-order chi connectivity index (χ1) is 3.46. The molecule has 0 amide bonds. The van der Waals surface area contributed by atoms with E-state index < -0.39 is 0 Å². The zero-order valence-electron chi connectivity index (χ0n) is 7.38. The van der Waals surface area contributed by atoms with E-state index in [4.69, 9.17) is 11.5 Å². The molecule has 0 saturated heterocycles. The maximum Gasteiger partial charge on any atom is 2.00 e. The summed E-state index contributed by atoms with van der Waals surface area (Å²) in [6.45, 7) is 7.78. The zero-order chi connectivity index (χ0) is 7.15. The summed E-state index contributed by atoms with van der Waals surface area (Å²) in [5.41, 5.74) is 10.2. The van der Waals surface area contributed by atoms with Crippen LogP contribution in [0.1, 0.15) is 27.7 Å². The van der Waals surface area contributed by atoms with E-state index in [1.165, 1.54) is 0 Å². The van der Waals surface area contributed by atoms with E-state index in [0.29, 0.717) is 12.1 Å². The Kier molecular flexibility index (Phi) is 60.3. The SMILES string of the molecule is CC(C)N.CC(C)N.[Cl-].[Cl-].[Pt+2]. The van der Waals surface area contributed by atoms with Crippen molar-refractivity contribution >= 4 is 0 Å². The molecule has 4 N–H and O–H groups in total. The van der Waals surface area contributed by atoms with E-state index in [0.717, 1.165) is 0 Å². The molecule has 0 fully saturated rings. The molecule has 0 aromatic carbocycles. The molecule has 0 atom stereocenters. The summed E-state index contributed by atoms with van der Waals surface area (Å²) in [6, 6.07) is 0.667. The Morgan fingerprint density at radius 3 is 0.727 bits per heavy atom. The fraction of sp³-hybridized carbons (Fsp3) is 1.00. The molecule has 0 saturated carbocycles. The molecular weight excluding hydrogens is 366 g/mol. The van der Waals surface area contributed by atoms with Gasteiger partial charge in [-0.2, -0.15) is 0 Å². The summed E-state index contributed by atoms with van der Waals surface area (Å²) >= 11 is 0. The molecule has 0 spiro atoms. The van der Waals surface area contributed by atoms with Crippen molar-refractivity contribution in [3.8, 4) is 0 Å². The molecule has 2 nitrogen and oxygen atoms in total. The molecule has 0 bridgehead atoms. The van der Waals surface area contributed by atoms with Gasteiger partial charge in [0, 0.05) is 0 Å². The van der Waals surface area contributed by atoms with Crippen molar-refractivity contribution in [2.75, 3.05) is 0 Å². The van der Waals surface area contributed by atoms with Gasteiger partial charge in [-0.05, 0) is 12.1 Å². The van der Waals surface area contributed by atoms with Crippen LogP contribution in [-0.4, -0.2) is 12.1 Å². The van der Waals surface area contributed by atoms with Crippen LogP contribution in [0.5, 0.6) is 0 Å². The second kappa shape index (κ2) is 22.5. The van der Waals surface area contributed by atoms with Crippen molar-refractivity contribution < 1.29 is 45.9 Å². The molecule has 0 aromatic heterocycles. The summed E-state index contributed by atoms with van der Waals surface area (Å²) in [5, 5.41) is 0. The fourth-order valence-corrected chi connectivity index (χ4v) is 0. The molecule has 0 rings (SSSR count). The van der Waals surface area contributed by atoms with Crippen LogP contribution in [0, 0.1) is 0 Å². The minimum Gasteiger partial charge on any atom is -1.00 e. The quantitative estimate of drug-likeness (QED) is 0.439. The summed E-state index contributed by atoms with van der Waals surface area (Å²) in [7, 11) is 0. The first kappa shape index (κ1) is 29.5. The second-order valence-electron chi connectivity index (χ2n) is 2.49. The average Bonchev–Trinajstić information content (AvgIpc) is 1.25. The maximum absolute atomic E-state index is 5.11. The van der Waals surface area contributed by atoms with Crippen molar-refractivity contribution in [2.45, 2.75) is 39.8 Å². The summed E-state index contributed by atoms with van der Waals surface area (Å²) in [5.74, 6) is 0. The van der Waals surface area contributed by atoms with E-state index in [-0.39, 0.29) is 45.9 Å². The molecule has 0 aliphatic carbocycles. The standard InChI is InChI=1S/2C3H9N.2ClH.Pt/c2*1-3(2)4;;;/h2*3H,4H2,1-2H3;2*1H;/q;;;;+2/p-2. The van der Waals surface area contributed by atoms with E-state index in [2.05, 4.69) is 0 Å². The van der Waals surface area contributed by atoms with Gasteiger partial charge in [0.1, 0.15) is 0 Å². The normalized spacial score (nSPS) is 6.55. The van der Waals surface area contributed by atoms with Crippen LogP contribution in [0.4, 0.5) is 0 Å². The van der Waals surface area contributed by atoms with E-state index in [1.54, 1.807) is 0 Å². The molecule has 0 aliphatic rings. The van der Waals surface area contributed by atoms with Gasteiger partial charge in [0.25, 0.3) is 0 Å². The molecule has 76 valence electrons. The van der Waals surface area contributed by atoms with Crippen molar-refractivity contribution in [3.63, 3.8) is 0 Å². The van der Waals surface area contributed by atoms with Crippen LogP contribution in [0.25, 0.3) is 0 Å². The van der Waals surface area contributed by atoms with Crippen LogP contribution in [-0.2, 0) is 21.1 Å². The number of hydrogen-bond donors (Lipinski definition) is 2. The number of nitrogens with two attached hydrogens (primary N) is 2. The molecule has 0 aliphatic heterocycles. The Labute approximate surface area is 96.9 Å². The van der Waals surface area contributed by atoms with Gasteiger partial charge < -0.3 is 36.3 Å². The van der Waals surface area contributed by atoms with Gasteiger partial charge in [-0.25, -0.2) is 0 Å². The van der Waals surface area contributed by atoms with Crippen LogP contribution < -0.4 is 36.3 Å². The minimum absolute atomic E-state index is 0. The molecule has 5 heteroatoms. The predicted molar refractivity (Wildman–Crippen MR) is 38.6 cm³/mol. The van der Waals surface area contributed by atoms with Gasteiger partial charge in [0.15, 0.2) is 0 Å². The van der Waals surface area contributed by atoms with Crippen LogP contribution in [0.3, 0.4) is 0 Å². The number of rotatable bonds is 0. The fourth-order valence-electron chi connectivity index (χ4n) is 0. The van der Waals surface area contributed by atoms with Crippen molar-refractivity contribution in [1.29, 1.82) is 0 Å². The van der Waals surface area contributed by atoms with E-state index in [9.17, 15) is 0 Å². The predicted octanol–water partition coefficient (Wildman–Crippen LogP) is -5.29. The van der Waals surface area contributed by atoms with Gasteiger partial charge >= 0.3 is 21.1 Å². The minimum atomic E-state index is 0. The van der Waals surface area contributed by atoms with Gasteiger partial charge in [-0.1, -0.05) is 27.7 Å². The Hall–Kier alpha value is 1.19. The third kappa shape index (κ3) is 669. The van der Waals surface area contributed by atoms with E-state index in [1.807, 2.05) is 27.7 Å². The largest absolute Gasteiger partial charge is 2.00 e. The maximum atomic E-state index is 5.11. The number of halogens is 2. The first-order valence-corrected chi connectivity index (χ1v) is 2.98. The van der Waals surface area contributed by atoms with Crippen LogP contribution in [0.2, 0.25) is 0 Å². The second-order valence-corrected chi connectivity index (χ2v) is 2.49. The first-order valence-electron chi connectivity index (χ1n) is 2.98. The Balaban J connectivity index is -0.0000000171. The van der Waals surface area contributed by atoms with Crippen molar-refractivity contribution in [2.24, 2.45) is 11.5 Å². The molecule has 0 heterocycles. The van der Waals surface area contributed by atoms with E-state index >= 15 is 0 Å². The molecule has 0 radical (unpaired) electrons. The van der Waals surface area contributed by atoms with Crippen molar-refractivity contribution in [3.05, 3.63) is 0 Å². The smallest absolute Gasteiger partial charge is 1.00 e. The average molecular weight is 384 g/mol. The number of hydrogen-bond acceptors (Lipinski definition) is 2. The van der Waals surface area contributed by atoms with Gasteiger partial charge in [-0.15, -0.1) is 0 Å². The monoisotopic (exact) mass is 383 g/mol. The Morgan fingerprint density at radius 2 is 0.727 bits per heavy atom. The Morgan fingerprint density at radius 1 is 0.727 bits per heavy atom. The third-order valence-electron chi connectivity index (χ3n) is 0. The van der Waals surface area contributed by atoms with Gasteiger partial charge in [0.2, 0.25) is 0 Å². The summed E-state index contributed by atoms with van der Waals surface area (Å²) in [6.07, 6.45) is 0. The molecule has 11 heavy (non-hydrogen) atoms. The van der Waals surface area contributed by atoms with Crippen molar-refractivity contribution in [1.82, 2.24) is 0 Å². The van der Waals surface area contributed by atoms with Gasteiger partial charge in [0.05, 0.1) is 0 Å².